The Morgan fingerprint density at radius 2 is 1.65 bits per heavy atom. The van der Waals surface area contributed by atoms with Gasteiger partial charge in [0, 0.05) is 36.5 Å². The van der Waals surface area contributed by atoms with Crippen molar-refractivity contribution in [2.45, 2.75) is 58.4 Å². The van der Waals surface area contributed by atoms with Gasteiger partial charge in [-0.25, -0.2) is 0 Å². The highest BCUT2D eigenvalue weighted by Crippen LogP contribution is 2.32. The molecule has 0 unspecified atom stereocenters. The third kappa shape index (κ3) is 8.41. The van der Waals surface area contributed by atoms with Crippen LogP contribution in [-0.4, -0.2) is 42.1 Å². The second-order valence-electron chi connectivity index (χ2n) is 10.8. The van der Waals surface area contributed by atoms with Crippen LogP contribution >= 0.6 is 0 Å². The number of ketones is 2. The molecule has 1 aliphatic rings. The van der Waals surface area contributed by atoms with Gasteiger partial charge in [-0.3, -0.25) is 24.5 Å². The van der Waals surface area contributed by atoms with E-state index in [0.717, 1.165) is 30.5 Å². The maximum absolute atomic E-state index is 13.2. The standard InChI is InChI=1S/C35H38N2O6/c1-3-4-5-6-7-11-18-43-32-21-30(38)28(34(41)25-12-9-8-10-13-25)20-26(32)23-37(2)27-16-14-24(15-17-27)19-29-31(39)22-33(40)36-35(29)42/h8-10,12-17,19-21,38H,3-7,11,18,22-23H2,1-2H3,(H,36,40,42)/b29-19+. The number of piperidine rings is 1. The van der Waals surface area contributed by atoms with Gasteiger partial charge in [0.2, 0.25) is 5.91 Å². The Labute approximate surface area is 252 Å². The molecule has 3 aromatic rings. The Kier molecular flexibility index (Phi) is 10.9. The molecular formula is C35H38N2O6. The minimum atomic E-state index is -0.691. The molecule has 8 nitrogen and oxygen atoms in total. The van der Waals surface area contributed by atoms with E-state index in [9.17, 15) is 24.3 Å². The second-order valence-corrected chi connectivity index (χ2v) is 10.8. The van der Waals surface area contributed by atoms with Crippen molar-refractivity contribution in [3.8, 4) is 11.5 Å². The van der Waals surface area contributed by atoms with Gasteiger partial charge >= 0.3 is 0 Å². The number of benzene rings is 3. The number of imide groups is 1. The number of amides is 2. The topological polar surface area (TPSA) is 113 Å². The van der Waals surface area contributed by atoms with Crippen LogP contribution < -0.4 is 15.0 Å². The van der Waals surface area contributed by atoms with Crippen molar-refractivity contribution in [1.82, 2.24) is 5.32 Å². The van der Waals surface area contributed by atoms with Crippen LogP contribution in [0, 0.1) is 0 Å². The van der Waals surface area contributed by atoms with Gasteiger partial charge in [0.25, 0.3) is 5.91 Å². The predicted molar refractivity (Wildman–Crippen MR) is 166 cm³/mol. The normalized spacial score (nSPS) is 14.1. The number of nitrogens with one attached hydrogen (secondary N) is 1. The van der Waals surface area contributed by atoms with Crippen molar-refractivity contribution in [3.63, 3.8) is 0 Å². The fourth-order valence-electron chi connectivity index (χ4n) is 4.95. The van der Waals surface area contributed by atoms with Crippen LogP contribution in [-0.2, 0) is 20.9 Å². The van der Waals surface area contributed by atoms with Crippen molar-refractivity contribution in [2.75, 3.05) is 18.6 Å². The number of carbonyl (C=O) groups excluding carboxylic acids is 4. The minimum Gasteiger partial charge on any atom is -0.507 e. The highest BCUT2D eigenvalue weighted by molar-refractivity contribution is 6.32. The van der Waals surface area contributed by atoms with E-state index in [1.807, 2.05) is 30.1 Å². The van der Waals surface area contributed by atoms with Gasteiger partial charge in [-0.2, -0.15) is 0 Å². The van der Waals surface area contributed by atoms with Crippen LogP contribution in [0.3, 0.4) is 0 Å². The summed E-state index contributed by atoms with van der Waals surface area (Å²) in [5, 5.41) is 13.0. The molecule has 1 saturated heterocycles. The Morgan fingerprint density at radius 3 is 2.35 bits per heavy atom. The Bertz CT molecular complexity index is 1470. The van der Waals surface area contributed by atoms with Gasteiger partial charge in [0.1, 0.15) is 11.5 Å². The molecule has 0 saturated carbocycles. The first-order chi connectivity index (χ1) is 20.8. The second kappa shape index (κ2) is 15.0. The average molecular weight is 583 g/mol. The molecular weight excluding hydrogens is 544 g/mol. The molecule has 2 N–H and O–H groups in total. The van der Waals surface area contributed by atoms with Gasteiger partial charge in [-0.05, 0) is 36.3 Å². The molecule has 0 radical (unpaired) electrons. The number of Topliss-reactive ketones (excluding diaryl/α,β-unsaturated/α-hetero) is 1. The quantitative estimate of drug-likeness (QED) is 0.0599. The molecule has 2 amide bonds. The van der Waals surface area contributed by atoms with Crippen LogP contribution in [0.1, 0.15) is 78.9 Å². The summed E-state index contributed by atoms with van der Waals surface area (Å²) in [6, 6.07) is 19.4. The van der Waals surface area contributed by atoms with E-state index in [0.29, 0.717) is 30.0 Å². The Balaban J connectivity index is 1.53. The van der Waals surface area contributed by atoms with Crippen LogP contribution in [0.2, 0.25) is 0 Å². The molecule has 0 spiro atoms. The molecule has 43 heavy (non-hydrogen) atoms. The summed E-state index contributed by atoms with van der Waals surface area (Å²) < 4.78 is 6.13. The third-order valence-electron chi connectivity index (χ3n) is 7.39. The van der Waals surface area contributed by atoms with E-state index in [1.165, 1.54) is 31.4 Å². The summed E-state index contributed by atoms with van der Waals surface area (Å²) in [5.74, 6) is -1.66. The van der Waals surface area contributed by atoms with Crippen LogP contribution in [0.25, 0.3) is 6.08 Å². The number of phenols is 1. The van der Waals surface area contributed by atoms with E-state index in [4.69, 9.17) is 4.74 Å². The first kappa shape index (κ1) is 31.2. The highest BCUT2D eigenvalue weighted by atomic mass is 16.5. The Morgan fingerprint density at radius 1 is 0.953 bits per heavy atom. The van der Waals surface area contributed by atoms with E-state index in [2.05, 4.69) is 12.2 Å². The van der Waals surface area contributed by atoms with Gasteiger partial charge in [-0.1, -0.05) is 81.5 Å². The number of phenolic OH excluding ortho intramolecular Hbond substituents is 1. The van der Waals surface area contributed by atoms with Gasteiger partial charge < -0.3 is 14.7 Å². The van der Waals surface area contributed by atoms with Crippen LogP contribution in [0.4, 0.5) is 5.69 Å². The largest absolute Gasteiger partial charge is 0.507 e. The SMILES string of the molecule is CCCCCCCCOc1cc(O)c(C(=O)c2ccccc2)cc1CN(C)c1ccc(/C=C2\C(=O)CC(=O)NC2=O)cc1. The number of nitrogens with zero attached hydrogens (tertiary/aromatic N) is 1. The molecule has 1 fully saturated rings. The summed E-state index contributed by atoms with van der Waals surface area (Å²) in [6.45, 7) is 3.09. The molecule has 8 heteroatoms. The number of unbranched alkanes of at least 4 members (excludes halogenated alkanes) is 5. The Hall–Kier alpha value is -4.72. The molecule has 1 heterocycles. The van der Waals surface area contributed by atoms with Gasteiger partial charge in [0.15, 0.2) is 11.6 Å². The monoisotopic (exact) mass is 582 g/mol. The van der Waals surface area contributed by atoms with E-state index in [-0.39, 0.29) is 29.1 Å². The van der Waals surface area contributed by atoms with E-state index >= 15 is 0 Å². The summed E-state index contributed by atoms with van der Waals surface area (Å²) in [6.07, 6.45) is 7.89. The number of ether oxygens (including phenoxy) is 1. The first-order valence-electron chi connectivity index (χ1n) is 14.8. The number of hydrogen-bond donors (Lipinski definition) is 2. The maximum atomic E-state index is 13.2. The number of hydrogen-bond acceptors (Lipinski definition) is 7. The van der Waals surface area contributed by atoms with Crippen molar-refractivity contribution < 1.29 is 29.0 Å². The molecule has 224 valence electrons. The summed E-state index contributed by atoms with van der Waals surface area (Å²) >= 11 is 0. The molecule has 0 aromatic heterocycles. The zero-order valence-electron chi connectivity index (χ0n) is 24.7. The van der Waals surface area contributed by atoms with E-state index in [1.54, 1.807) is 42.5 Å². The minimum absolute atomic E-state index is 0.0486. The molecule has 0 atom stereocenters. The molecule has 0 bridgehead atoms. The average Bonchev–Trinajstić information content (AvgIpc) is 3.00. The lowest BCUT2D eigenvalue weighted by Crippen LogP contribution is -2.40. The van der Waals surface area contributed by atoms with Crippen molar-refractivity contribution >= 4 is 35.1 Å². The van der Waals surface area contributed by atoms with Crippen LogP contribution in [0.5, 0.6) is 11.5 Å². The zero-order chi connectivity index (χ0) is 30.8. The number of carbonyl (C=O) groups is 4. The molecule has 1 aliphatic heterocycles. The summed E-state index contributed by atoms with van der Waals surface area (Å²) in [4.78, 5) is 50.9. The lowest BCUT2D eigenvalue weighted by Gasteiger charge is -2.22. The first-order valence-corrected chi connectivity index (χ1v) is 14.8. The summed E-state index contributed by atoms with van der Waals surface area (Å²) in [7, 11) is 1.90. The zero-order valence-corrected chi connectivity index (χ0v) is 24.7. The molecule has 0 aliphatic carbocycles. The fourth-order valence-corrected chi connectivity index (χ4v) is 4.95. The molecule has 3 aromatic carbocycles. The fraction of sp³-hybridized carbons (Fsp3) is 0.314. The van der Waals surface area contributed by atoms with E-state index < -0.39 is 17.6 Å². The lowest BCUT2D eigenvalue weighted by atomic mass is 9.99. The van der Waals surface area contributed by atoms with Crippen molar-refractivity contribution in [1.29, 1.82) is 0 Å². The van der Waals surface area contributed by atoms with Crippen LogP contribution in [0.15, 0.2) is 72.3 Å². The number of aromatic hydroxyl groups is 1. The number of rotatable bonds is 14. The highest BCUT2D eigenvalue weighted by Gasteiger charge is 2.28. The van der Waals surface area contributed by atoms with Crippen molar-refractivity contribution in [3.05, 3.63) is 94.6 Å². The maximum Gasteiger partial charge on any atom is 0.261 e. The molecule has 4 rings (SSSR count). The smallest absolute Gasteiger partial charge is 0.261 e. The van der Waals surface area contributed by atoms with Gasteiger partial charge in [-0.15, -0.1) is 0 Å². The summed E-state index contributed by atoms with van der Waals surface area (Å²) in [5.41, 5.74) is 2.89. The van der Waals surface area contributed by atoms with Gasteiger partial charge in [0.05, 0.1) is 24.2 Å². The number of anilines is 1. The third-order valence-corrected chi connectivity index (χ3v) is 7.39. The predicted octanol–water partition coefficient (Wildman–Crippen LogP) is 6.00. The lowest BCUT2D eigenvalue weighted by molar-refractivity contribution is -0.134. The van der Waals surface area contributed by atoms with Crippen molar-refractivity contribution in [2.24, 2.45) is 0 Å².